The fourth-order valence-corrected chi connectivity index (χ4v) is 5.28. The molecule has 0 saturated heterocycles. The van der Waals surface area contributed by atoms with E-state index in [4.69, 9.17) is 0 Å². The van der Waals surface area contributed by atoms with Crippen LogP contribution in [0.1, 0.15) is 24.0 Å². The average molecular weight is 369 g/mol. The van der Waals surface area contributed by atoms with Crippen LogP contribution in [0.25, 0.3) is 20.2 Å². The van der Waals surface area contributed by atoms with E-state index < -0.39 is 0 Å². The van der Waals surface area contributed by atoms with Crippen molar-refractivity contribution in [2.75, 3.05) is 31.2 Å². The van der Waals surface area contributed by atoms with Crippen LogP contribution in [0.15, 0.2) is 35.1 Å². The van der Waals surface area contributed by atoms with E-state index in [1.54, 1.807) is 11.3 Å². The molecule has 0 bridgehead atoms. The summed E-state index contributed by atoms with van der Waals surface area (Å²) in [7, 11) is 0. The zero-order chi connectivity index (χ0) is 18.1. The van der Waals surface area contributed by atoms with Gasteiger partial charge in [0.15, 0.2) is 5.43 Å². The maximum Gasteiger partial charge on any atom is 0.196 e. The van der Waals surface area contributed by atoms with Crippen molar-refractivity contribution < 1.29 is 10.2 Å². The summed E-state index contributed by atoms with van der Waals surface area (Å²) >= 11 is 1.64. The lowest BCUT2D eigenvalue weighted by atomic mass is 9.88. The first kappa shape index (κ1) is 17.5. The molecule has 0 amide bonds. The number of aliphatic hydroxyl groups excluding tert-OH is 2. The maximum absolute atomic E-state index is 13.3. The van der Waals surface area contributed by atoms with E-state index in [1.165, 1.54) is 11.1 Å². The molecule has 0 atom stereocenters. The Bertz CT molecular complexity index is 1010. The fourth-order valence-electron chi connectivity index (χ4n) is 4.03. The second kappa shape index (κ2) is 7.35. The van der Waals surface area contributed by atoms with Gasteiger partial charge in [0.1, 0.15) is 0 Å². The highest BCUT2D eigenvalue weighted by Gasteiger charge is 2.22. The zero-order valence-electron chi connectivity index (χ0n) is 14.7. The van der Waals surface area contributed by atoms with Crippen molar-refractivity contribution >= 4 is 37.2 Å². The van der Waals surface area contributed by atoms with Gasteiger partial charge in [-0.2, -0.15) is 0 Å². The molecule has 0 radical (unpaired) electrons. The van der Waals surface area contributed by atoms with Crippen molar-refractivity contribution in [2.45, 2.75) is 25.7 Å². The number of hydrogen-bond acceptors (Lipinski definition) is 5. The molecule has 0 fully saturated rings. The normalized spacial score (nSPS) is 13.9. The molecule has 1 aliphatic rings. The second-order valence-electron chi connectivity index (χ2n) is 6.81. The fraction of sp³-hybridized carbons (Fsp3) is 0.381. The molecule has 1 aromatic heterocycles. The van der Waals surface area contributed by atoms with Crippen LogP contribution >= 0.6 is 11.3 Å². The molecule has 4 rings (SSSR count). The smallest absolute Gasteiger partial charge is 0.196 e. The van der Waals surface area contributed by atoms with Gasteiger partial charge in [0.05, 0.1) is 23.6 Å². The summed E-state index contributed by atoms with van der Waals surface area (Å²) < 4.78 is 1.96. The Labute approximate surface area is 156 Å². The van der Waals surface area contributed by atoms with Gasteiger partial charge in [-0.15, -0.1) is 11.3 Å². The minimum atomic E-state index is 0.0149. The Hall–Kier alpha value is -1.95. The van der Waals surface area contributed by atoms with Crippen LogP contribution in [0.3, 0.4) is 0 Å². The summed E-state index contributed by atoms with van der Waals surface area (Å²) in [5.41, 5.74) is 3.54. The van der Waals surface area contributed by atoms with Crippen LogP contribution in [0.2, 0.25) is 0 Å². The maximum atomic E-state index is 13.3. The van der Waals surface area contributed by atoms with Gasteiger partial charge in [-0.1, -0.05) is 12.1 Å². The number of nitrogens with zero attached hydrogens (tertiary/aromatic N) is 1. The topological polar surface area (TPSA) is 60.8 Å². The summed E-state index contributed by atoms with van der Waals surface area (Å²) in [6.45, 7) is 0.923. The van der Waals surface area contributed by atoms with E-state index in [0.717, 1.165) is 51.5 Å². The van der Waals surface area contributed by atoms with Crippen LogP contribution in [-0.2, 0) is 12.8 Å². The predicted octanol–water partition coefficient (Wildman–Crippen LogP) is 3.08. The summed E-state index contributed by atoms with van der Waals surface area (Å²) in [4.78, 5) is 15.3. The van der Waals surface area contributed by atoms with Crippen LogP contribution in [0.5, 0.6) is 0 Å². The number of aryl methyl sites for hydroxylation is 2. The van der Waals surface area contributed by atoms with Gasteiger partial charge < -0.3 is 15.1 Å². The van der Waals surface area contributed by atoms with Gasteiger partial charge in [-0.05, 0) is 55.0 Å². The van der Waals surface area contributed by atoms with E-state index in [1.807, 2.05) is 29.2 Å². The highest BCUT2D eigenvalue weighted by Crippen LogP contribution is 2.38. The number of aliphatic hydroxyl groups is 2. The largest absolute Gasteiger partial charge is 0.395 e. The van der Waals surface area contributed by atoms with Crippen LogP contribution < -0.4 is 10.3 Å². The number of rotatable bonds is 5. The SMILES string of the molecule is O=c1c2ccccc2sc2c(N(CCO)CCO)cc3c(c12)CCCC3. The Morgan fingerprint density at radius 3 is 2.54 bits per heavy atom. The average Bonchev–Trinajstić information content (AvgIpc) is 2.67. The molecule has 0 saturated carbocycles. The molecular formula is C21H23NO3S. The van der Waals surface area contributed by atoms with Crippen molar-refractivity contribution in [3.8, 4) is 0 Å². The number of benzene rings is 2. The molecule has 3 aromatic rings. The minimum absolute atomic E-state index is 0.0149. The van der Waals surface area contributed by atoms with Gasteiger partial charge in [0.2, 0.25) is 0 Å². The molecule has 5 heteroatoms. The van der Waals surface area contributed by atoms with Crippen LogP contribution in [0.4, 0.5) is 5.69 Å². The molecule has 1 heterocycles. The summed E-state index contributed by atoms with van der Waals surface area (Å²) in [5, 5.41) is 20.6. The van der Waals surface area contributed by atoms with E-state index in [2.05, 4.69) is 6.07 Å². The Morgan fingerprint density at radius 1 is 1.04 bits per heavy atom. The zero-order valence-corrected chi connectivity index (χ0v) is 15.5. The molecule has 0 spiro atoms. The lowest BCUT2D eigenvalue weighted by Crippen LogP contribution is -2.30. The van der Waals surface area contributed by atoms with Gasteiger partial charge in [-0.3, -0.25) is 4.79 Å². The number of fused-ring (bicyclic) bond motifs is 4. The molecule has 2 N–H and O–H groups in total. The minimum Gasteiger partial charge on any atom is -0.395 e. The van der Waals surface area contributed by atoms with E-state index in [0.29, 0.717) is 13.1 Å². The summed E-state index contributed by atoms with van der Waals surface area (Å²) in [6, 6.07) is 9.97. The summed E-state index contributed by atoms with van der Waals surface area (Å²) in [6.07, 6.45) is 4.20. The molecule has 2 aromatic carbocycles. The quantitative estimate of drug-likeness (QED) is 0.679. The molecule has 136 valence electrons. The van der Waals surface area contributed by atoms with E-state index in [-0.39, 0.29) is 18.6 Å². The predicted molar refractivity (Wildman–Crippen MR) is 109 cm³/mol. The second-order valence-corrected chi connectivity index (χ2v) is 7.86. The molecular weight excluding hydrogens is 346 g/mol. The lowest BCUT2D eigenvalue weighted by Gasteiger charge is -2.27. The first-order valence-electron chi connectivity index (χ1n) is 9.21. The monoisotopic (exact) mass is 369 g/mol. The Balaban J connectivity index is 2.09. The standard InChI is InChI=1S/C21H23NO3S/c23-11-9-22(10-12-24)17-13-14-5-1-2-6-15(14)19-20(25)16-7-3-4-8-18(16)26-21(17)19/h3-4,7-8,13,23-24H,1-2,5-6,9-12H2. The highest BCUT2D eigenvalue weighted by atomic mass is 32.1. The van der Waals surface area contributed by atoms with Crippen molar-refractivity contribution in [3.63, 3.8) is 0 Å². The number of anilines is 1. The molecule has 0 aliphatic heterocycles. The summed E-state index contributed by atoms with van der Waals surface area (Å²) in [5.74, 6) is 0. The first-order valence-corrected chi connectivity index (χ1v) is 10.0. The van der Waals surface area contributed by atoms with Crippen molar-refractivity contribution in [2.24, 2.45) is 0 Å². The van der Waals surface area contributed by atoms with Crippen molar-refractivity contribution in [1.82, 2.24) is 0 Å². The van der Waals surface area contributed by atoms with Crippen LogP contribution in [0, 0.1) is 0 Å². The van der Waals surface area contributed by atoms with E-state index in [9.17, 15) is 15.0 Å². The Morgan fingerprint density at radius 2 is 1.77 bits per heavy atom. The van der Waals surface area contributed by atoms with Gasteiger partial charge in [0.25, 0.3) is 0 Å². The van der Waals surface area contributed by atoms with Gasteiger partial charge >= 0.3 is 0 Å². The highest BCUT2D eigenvalue weighted by molar-refractivity contribution is 7.25. The third-order valence-corrected chi connectivity index (χ3v) is 6.43. The molecule has 0 unspecified atom stereocenters. The van der Waals surface area contributed by atoms with Crippen molar-refractivity contribution in [1.29, 1.82) is 0 Å². The van der Waals surface area contributed by atoms with Gasteiger partial charge in [-0.25, -0.2) is 0 Å². The molecule has 4 nitrogen and oxygen atoms in total. The third kappa shape index (κ3) is 2.90. The van der Waals surface area contributed by atoms with E-state index >= 15 is 0 Å². The van der Waals surface area contributed by atoms with Gasteiger partial charge in [0, 0.05) is 28.6 Å². The number of hydrogen-bond donors (Lipinski definition) is 2. The Kier molecular flexibility index (Phi) is 4.94. The first-order chi connectivity index (χ1) is 12.7. The van der Waals surface area contributed by atoms with Crippen LogP contribution in [-0.4, -0.2) is 36.5 Å². The molecule has 26 heavy (non-hydrogen) atoms. The third-order valence-electron chi connectivity index (χ3n) is 5.23. The lowest BCUT2D eigenvalue weighted by molar-refractivity contribution is 0.281. The van der Waals surface area contributed by atoms with Crippen molar-refractivity contribution in [3.05, 3.63) is 51.7 Å². The molecule has 1 aliphatic carbocycles.